The molecule has 2 amide bonds. The molecule has 0 spiro atoms. The molecule has 1 aliphatic rings. The zero-order chi connectivity index (χ0) is 21.2. The third kappa shape index (κ3) is 3.63. The highest BCUT2D eigenvalue weighted by Crippen LogP contribution is 2.33. The molecule has 7 nitrogen and oxygen atoms in total. The molecule has 0 saturated carbocycles. The molecule has 29 heavy (non-hydrogen) atoms. The summed E-state index contributed by atoms with van der Waals surface area (Å²) in [7, 11) is 1.55. The number of rotatable bonds is 5. The summed E-state index contributed by atoms with van der Waals surface area (Å²) in [6.07, 6.45) is 0.797. The number of nitro groups is 1. The van der Waals surface area contributed by atoms with Gasteiger partial charge in [0.15, 0.2) is 0 Å². The normalized spacial score (nSPS) is 21.0. The minimum absolute atomic E-state index is 0.109. The number of nitrogens with one attached hydrogen (secondary N) is 1. The van der Waals surface area contributed by atoms with E-state index in [0.717, 1.165) is 5.56 Å². The van der Waals surface area contributed by atoms with Crippen molar-refractivity contribution >= 4 is 23.1 Å². The number of amides is 2. The van der Waals surface area contributed by atoms with Crippen LogP contribution in [-0.2, 0) is 16.0 Å². The lowest BCUT2D eigenvalue weighted by Gasteiger charge is -2.42. The number of nitrogens with zero attached hydrogens (tertiary/aromatic N) is 2. The van der Waals surface area contributed by atoms with Crippen LogP contribution in [0.5, 0.6) is 0 Å². The molecule has 1 aliphatic heterocycles. The maximum absolute atomic E-state index is 13.3. The third-order valence-corrected chi connectivity index (χ3v) is 5.43. The van der Waals surface area contributed by atoms with Gasteiger partial charge in [-0.1, -0.05) is 49.4 Å². The zero-order valence-corrected chi connectivity index (χ0v) is 16.6. The van der Waals surface area contributed by atoms with Crippen LogP contribution in [0.4, 0.5) is 5.69 Å². The highest BCUT2D eigenvalue weighted by Gasteiger charge is 2.47. The summed E-state index contributed by atoms with van der Waals surface area (Å²) in [6, 6.07) is 15.7. The summed E-state index contributed by atoms with van der Waals surface area (Å²) in [6.45, 7) is 3.48. The molecule has 7 heteroatoms. The van der Waals surface area contributed by atoms with Gasteiger partial charge in [0, 0.05) is 19.5 Å². The van der Waals surface area contributed by atoms with E-state index in [1.54, 1.807) is 32.2 Å². The van der Waals surface area contributed by atoms with Crippen LogP contribution in [0.2, 0.25) is 0 Å². The predicted molar refractivity (Wildman–Crippen MR) is 110 cm³/mol. The van der Waals surface area contributed by atoms with Crippen LogP contribution in [0.15, 0.2) is 60.3 Å². The smallest absolute Gasteiger partial charge is 0.276 e. The van der Waals surface area contributed by atoms with E-state index in [-0.39, 0.29) is 17.3 Å². The Labute approximate surface area is 169 Å². The second-order valence-electron chi connectivity index (χ2n) is 7.16. The second-order valence-corrected chi connectivity index (χ2v) is 7.16. The van der Waals surface area contributed by atoms with E-state index in [1.165, 1.54) is 11.0 Å². The molecule has 0 bridgehead atoms. The average molecular weight is 393 g/mol. The molecule has 0 radical (unpaired) electrons. The van der Waals surface area contributed by atoms with Gasteiger partial charge in [-0.3, -0.25) is 19.7 Å². The summed E-state index contributed by atoms with van der Waals surface area (Å²) >= 11 is 0. The van der Waals surface area contributed by atoms with Crippen molar-refractivity contribution in [2.24, 2.45) is 0 Å². The monoisotopic (exact) mass is 393 g/mol. The number of carbonyl (C=O) groups excluding carboxylic acids is 2. The summed E-state index contributed by atoms with van der Waals surface area (Å²) in [5.41, 5.74) is 0.604. The maximum atomic E-state index is 13.3. The van der Waals surface area contributed by atoms with E-state index in [9.17, 15) is 19.7 Å². The summed E-state index contributed by atoms with van der Waals surface area (Å²) in [5.74, 6) is -0.656. The lowest BCUT2D eigenvalue weighted by Crippen LogP contribution is -2.65. The van der Waals surface area contributed by atoms with Crippen molar-refractivity contribution in [3.63, 3.8) is 0 Å². The van der Waals surface area contributed by atoms with Gasteiger partial charge in [-0.25, -0.2) is 0 Å². The molecule has 1 saturated heterocycles. The maximum Gasteiger partial charge on any atom is 0.276 e. The van der Waals surface area contributed by atoms with E-state index >= 15 is 0 Å². The third-order valence-electron chi connectivity index (χ3n) is 5.43. The van der Waals surface area contributed by atoms with Crippen LogP contribution in [0.1, 0.15) is 31.4 Å². The van der Waals surface area contributed by atoms with Gasteiger partial charge >= 0.3 is 0 Å². The second kappa shape index (κ2) is 7.87. The predicted octanol–water partition coefficient (Wildman–Crippen LogP) is 3.31. The minimum atomic E-state index is -1.06. The Kier molecular flexibility index (Phi) is 5.50. The summed E-state index contributed by atoms with van der Waals surface area (Å²) in [4.78, 5) is 38.6. The number of nitro benzene ring substituents is 1. The van der Waals surface area contributed by atoms with Crippen molar-refractivity contribution in [2.75, 3.05) is 7.05 Å². The van der Waals surface area contributed by atoms with Crippen molar-refractivity contribution in [1.82, 2.24) is 10.2 Å². The fraction of sp³-hybridized carbons (Fsp3) is 0.273. The van der Waals surface area contributed by atoms with Crippen molar-refractivity contribution in [3.8, 4) is 0 Å². The first-order chi connectivity index (χ1) is 13.8. The van der Waals surface area contributed by atoms with Crippen LogP contribution >= 0.6 is 0 Å². The molecule has 0 aliphatic carbocycles. The van der Waals surface area contributed by atoms with Crippen LogP contribution in [0, 0.1) is 10.1 Å². The number of para-hydroxylation sites is 1. The Morgan fingerprint density at radius 1 is 1.10 bits per heavy atom. The van der Waals surface area contributed by atoms with Crippen LogP contribution in [-0.4, -0.2) is 34.2 Å². The van der Waals surface area contributed by atoms with E-state index in [4.69, 9.17) is 0 Å². The number of carbonyl (C=O) groups is 2. The average Bonchev–Trinajstić information content (AvgIpc) is 2.72. The van der Waals surface area contributed by atoms with Gasteiger partial charge in [0.25, 0.3) is 17.5 Å². The molecule has 0 aromatic heterocycles. The van der Waals surface area contributed by atoms with Crippen molar-refractivity contribution < 1.29 is 14.5 Å². The first-order valence-electron chi connectivity index (χ1n) is 9.40. The van der Waals surface area contributed by atoms with Gasteiger partial charge in [-0.05, 0) is 30.5 Å². The van der Waals surface area contributed by atoms with Gasteiger partial charge in [0.1, 0.15) is 11.2 Å². The number of piperazine rings is 1. The number of likely N-dealkylation sites (N-methyl/N-ethyl adjacent to an activating group) is 1. The lowest BCUT2D eigenvalue weighted by atomic mass is 9.84. The number of hydrogen-bond donors (Lipinski definition) is 1. The molecular formula is C22H23N3O4. The van der Waals surface area contributed by atoms with E-state index in [1.807, 2.05) is 37.3 Å². The number of allylic oxidation sites excluding steroid dienone is 1. The Balaban J connectivity index is 2.04. The van der Waals surface area contributed by atoms with Crippen molar-refractivity contribution in [3.05, 3.63) is 81.5 Å². The molecule has 2 aromatic carbocycles. The molecule has 2 aromatic rings. The molecule has 1 heterocycles. The first kappa shape index (κ1) is 20.3. The van der Waals surface area contributed by atoms with Crippen LogP contribution < -0.4 is 5.32 Å². The molecule has 1 unspecified atom stereocenters. The minimum Gasteiger partial charge on any atom is -0.336 e. The fourth-order valence-electron chi connectivity index (χ4n) is 3.83. The van der Waals surface area contributed by atoms with E-state index in [2.05, 4.69) is 5.32 Å². The lowest BCUT2D eigenvalue weighted by molar-refractivity contribution is -0.385. The number of benzene rings is 2. The molecule has 1 N–H and O–H groups in total. The van der Waals surface area contributed by atoms with Gasteiger partial charge in [0.2, 0.25) is 0 Å². The molecule has 1 atom stereocenters. The number of hydrogen-bond acceptors (Lipinski definition) is 4. The van der Waals surface area contributed by atoms with Gasteiger partial charge in [0.05, 0.1) is 10.5 Å². The van der Waals surface area contributed by atoms with Gasteiger partial charge in [-0.15, -0.1) is 0 Å². The van der Waals surface area contributed by atoms with Gasteiger partial charge in [-0.2, -0.15) is 0 Å². The Bertz CT molecular complexity index is 1000. The van der Waals surface area contributed by atoms with Crippen LogP contribution in [0.25, 0.3) is 5.57 Å². The topological polar surface area (TPSA) is 92.5 Å². The van der Waals surface area contributed by atoms with E-state index in [0.29, 0.717) is 24.0 Å². The largest absolute Gasteiger partial charge is 0.336 e. The van der Waals surface area contributed by atoms with E-state index < -0.39 is 16.4 Å². The summed E-state index contributed by atoms with van der Waals surface area (Å²) in [5, 5.41) is 14.3. The highest BCUT2D eigenvalue weighted by atomic mass is 16.6. The Morgan fingerprint density at radius 3 is 2.34 bits per heavy atom. The standard InChI is InChI=1S/C22H23N3O4/c1-4-22(14-16-10-6-5-7-11-16)21(27)24(3)19(20(26)23-22)15(2)17-12-8-9-13-18(17)25(28)29/h5-13H,4,14H2,1-3H3,(H,23,26). The molecular weight excluding hydrogens is 370 g/mol. The molecule has 150 valence electrons. The van der Waals surface area contributed by atoms with Gasteiger partial charge < -0.3 is 10.2 Å². The summed E-state index contributed by atoms with van der Waals surface area (Å²) < 4.78 is 0. The highest BCUT2D eigenvalue weighted by molar-refractivity contribution is 6.11. The van der Waals surface area contributed by atoms with Crippen LogP contribution in [0.3, 0.4) is 0 Å². The first-order valence-corrected chi connectivity index (χ1v) is 9.40. The molecule has 1 fully saturated rings. The zero-order valence-electron chi connectivity index (χ0n) is 16.6. The van der Waals surface area contributed by atoms with Crippen molar-refractivity contribution in [1.29, 1.82) is 0 Å². The quantitative estimate of drug-likeness (QED) is 0.479. The SMILES string of the molecule is CCC1(Cc2ccccc2)NC(=O)C(=C(C)c2ccccc2[N+](=O)[O-])N(C)C1=O. The molecule has 3 rings (SSSR count). The Morgan fingerprint density at radius 2 is 1.72 bits per heavy atom. The fourth-order valence-corrected chi connectivity index (χ4v) is 3.83. The Hall–Kier alpha value is -3.48. The van der Waals surface area contributed by atoms with Crippen molar-refractivity contribution in [2.45, 2.75) is 32.2 Å².